The number of nitrogens with one attached hydrogen (secondary N) is 1. The number of benzene rings is 1. The molecule has 1 aliphatic heterocycles. The first-order valence-electron chi connectivity index (χ1n) is 5.84. The van der Waals surface area contributed by atoms with E-state index in [9.17, 15) is 4.79 Å². The van der Waals surface area contributed by atoms with E-state index in [2.05, 4.69) is 27.9 Å². The minimum absolute atomic E-state index is 0. The fraction of sp³-hybridized carbons (Fsp3) is 0.462. The Morgan fingerprint density at radius 2 is 2.22 bits per heavy atom. The standard InChI is InChI=1S/C13H17IN2O.ClH/c1-9-11(4-3-5-12(9)14)13(17)16(2)10-6-7-15-8-10;/h3-5,10,15H,6-8H2,1-2H3;1H. The van der Waals surface area contributed by atoms with E-state index in [1.54, 1.807) is 0 Å². The summed E-state index contributed by atoms with van der Waals surface area (Å²) in [5.74, 6) is 0.134. The van der Waals surface area contributed by atoms with Crippen LogP contribution in [0.2, 0.25) is 0 Å². The van der Waals surface area contributed by atoms with E-state index < -0.39 is 0 Å². The zero-order valence-corrected chi connectivity index (χ0v) is 13.5. The third-order valence-corrected chi connectivity index (χ3v) is 4.57. The first kappa shape index (κ1) is 15.7. The molecule has 100 valence electrons. The molecule has 1 aromatic carbocycles. The second kappa shape index (κ2) is 6.73. The molecule has 0 aliphatic carbocycles. The monoisotopic (exact) mass is 380 g/mol. The average molecular weight is 381 g/mol. The van der Waals surface area contributed by atoms with E-state index >= 15 is 0 Å². The van der Waals surface area contributed by atoms with Crippen molar-refractivity contribution in [1.29, 1.82) is 0 Å². The maximum absolute atomic E-state index is 12.4. The van der Waals surface area contributed by atoms with Gasteiger partial charge in [0.1, 0.15) is 0 Å². The molecule has 5 heteroatoms. The highest BCUT2D eigenvalue weighted by molar-refractivity contribution is 14.1. The molecule has 1 atom stereocenters. The Balaban J connectivity index is 0.00000162. The third kappa shape index (κ3) is 3.16. The molecular weight excluding hydrogens is 363 g/mol. The van der Waals surface area contributed by atoms with Crippen molar-refractivity contribution in [3.8, 4) is 0 Å². The van der Waals surface area contributed by atoms with Gasteiger partial charge in [0.25, 0.3) is 5.91 Å². The third-order valence-electron chi connectivity index (χ3n) is 3.40. The van der Waals surface area contributed by atoms with Crippen molar-refractivity contribution in [2.45, 2.75) is 19.4 Å². The van der Waals surface area contributed by atoms with Crippen molar-refractivity contribution in [2.75, 3.05) is 20.1 Å². The molecule has 3 nitrogen and oxygen atoms in total. The zero-order valence-electron chi connectivity index (χ0n) is 10.6. The Kier molecular flexibility index (Phi) is 5.88. The van der Waals surface area contributed by atoms with Crippen LogP contribution in [0.1, 0.15) is 22.3 Å². The number of nitrogens with zero attached hydrogens (tertiary/aromatic N) is 1. The molecule has 1 heterocycles. The Hall–Kier alpha value is -0.330. The molecule has 1 aliphatic rings. The summed E-state index contributed by atoms with van der Waals surface area (Å²) in [7, 11) is 1.90. The number of hydrogen-bond acceptors (Lipinski definition) is 2. The molecule has 1 N–H and O–H groups in total. The maximum atomic E-state index is 12.4. The van der Waals surface area contributed by atoms with Crippen LogP contribution >= 0.6 is 35.0 Å². The summed E-state index contributed by atoms with van der Waals surface area (Å²) >= 11 is 2.27. The van der Waals surface area contributed by atoms with Crippen LogP contribution in [0.25, 0.3) is 0 Å². The van der Waals surface area contributed by atoms with Gasteiger partial charge in [-0.1, -0.05) is 6.07 Å². The van der Waals surface area contributed by atoms with E-state index in [-0.39, 0.29) is 18.3 Å². The van der Waals surface area contributed by atoms with Gasteiger partial charge in [-0.2, -0.15) is 0 Å². The topological polar surface area (TPSA) is 32.3 Å². The number of hydrogen-bond donors (Lipinski definition) is 1. The summed E-state index contributed by atoms with van der Waals surface area (Å²) in [6.07, 6.45) is 1.05. The van der Waals surface area contributed by atoms with Gasteiger partial charge in [0.2, 0.25) is 0 Å². The molecule has 0 radical (unpaired) electrons. The van der Waals surface area contributed by atoms with E-state index in [0.29, 0.717) is 6.04 Å². The van der Waals surface area contributed by atoms with Gasteiger partial charge in [-0.05, 0) is 60.2 Å². The summed E-state index contributed by atoms with van der Waals surface area (Å²) < 4.78 is 1.14. The molecule has 1 unspecified atom stereocenters. The van der Waals surface area contributed by atoms with Gasteiger partial charge in [-0.15, -0.1) is 12.4 Å². The Morgan fingerprint density at radius 3 is 2.83 bits per heavy atom. The molecule has 18 heavy (non-hydrogen) atoms. The Labute approximate surface area is 128 Å². The fourth-order valence-corrected chi connectivity index (χ4v) is 2.66. The molecule has 0 saturated carbocycles. The quantitative estimate of drug-likeness (QED) is 0.800. The number of carbonyl (C=O) groups is 1. The molecule has 1 aromatic rings. The maximum Gasteiger partial charge on any atom is 0.254 e. The number of rotatable bonds is 2. The summed E-state index contributed by atoms with van der Waals surface area (Å²) in [5.41, 5.74) is 1.90. The van der Waals surface area contributed by atoms with Crippen LogP contribution in [0.15, 0.2) is 18.2 Å². The highest BCUT2D eigenvalue weighted by Crippen LogP contribution is 2.19. The van der Waals surface area contributed by atoms with Gasteiger partial charge in [-0.3, -0.25) is 4.79 Å². The molecule has 1 saturated heterocycles. The lowest BCUT2D eigenvalue weighted by Crippen LogP contribution is -2.38. The summed E-state index contributed by atoms with van der Waals surface area (Å²) in [4.78, 5) is 14.3. The minimum atomic E-state index is 0. The highest BCUT2D eigenvalue weighted by atomic mass is 127. The number of likely N-dealkylation sites (N-methyl/N-ethyl adjacent to an activating group) is 1. The predicted octanol–water partition coefficient (Wildman–Crippen LogP) is 2.46. The SMILES string of the molecule is Cc1c(I)cccc1C(=O)N(C)C1CCNC1.Cl. The van der Waals surface area contributed by atoms with Gasteiger partial charge >= 0.3 is 0 Å². The molecule has 2 rings (SSSR count). The predicted molar refractivity (Wildman–Crippen MR) is 84.5 cm³/mol. The minimum Gasteiger partial charge on any atom is -0.337 e. The van der Waals surface area contributed by atoms with Crippen LogP contribution in [0, 0.1) is 10.5 Å². The normalized spacial score (nSPS) is 18.3. The first-order chi connectivity index (χ1) is 8.11. The largest absolute Gasteiger partial charge is 0.337 e. The lowest BCUT2D eigenvalue weighted by Gasteiger charge is -2.24. The Morgan fingerprint density at radius 1 is 1.50 bits per heavy atom. The van der Waals surface area contributed by atoms with Crippen LogP contribution in [0.4, 0.5) is 0 Å². The zero-order chi connectivity index (χ0) is 12.4. The number of carbonyl (C=O) groups excluding carboxylic acids is 1. The van der Waals surface area contributed by atoms with Crippen molar-refractivity contribution in [3.05, 3.63) is 32.9 Å². The lowest BCUT2D eigenvalue weighted by atomic mass is 10.1. The van der Waals surface area contributed by atoms with Crippen LogP contribution in [-0.2, 0) is 0 Å². The van der Waals surface area contributed by atoms with Crippen molar-refractivity contribution < 1.29 is 4.79 Å². The van der Waals surface area contributed by atoms with Crippen LogP contribution in [-0.4, -0.2) is 37.0 Å². The van der Waals surface area contributed by atoms with Gasteiger partial charge in [0, 0.05) is 28.8 Å². The van der Waals surface area contributed by atoms with E-state index in [1.165, 1.54) is 0 Å². The summed E-state index contributed by atoms with van der Waals surface area (Å²) in [5, 5.41) is 3.29. The summed E-state index contributed by atoms with van der Waals surface area (Å²) in [6, 6.07) is 6.23. The van der Waals surface area contributed by atoms with Gasteiger partial charge in [0.05, 0.1) is 0 Å². The molecule has 0 aromatic heterocycles. The highest BCUT2D eigenvalue weighted by Gasteiger charge is 2.24. The van der Waals surface area contributed by atoms with Crippen molar-refractivity contribution in [1.82, 2.24) is 10.2 Å². The second-order valence-electron chi connectivity index (χ2n) is 4.48. The van der Waals surface area contributed by atoms with E-state index in [0.717, 1.165) is 34.2 Å². The smallest absolute Gasteiger partial charge is 0.254 e. The number of halogens is 2. The first-order valence-corrected chi connectivity index (χ1v) is 6.92. The molecular formula is C13H18ClIN2O. The van der Waals surface area contributed by atoms with Crippen LogP contribution < -0.4 is 5.32 Å². The van der Waals surface area contributed by atoms with Crippen LogP contribution in [0.5, 0.6) is 0 Å². The number of amides is 1. The lowest BCUT2D eigenvalue weighted by molar-refractivity contribution is 0.0743. The Bertz CT molecular complexity index is 433. The molecule has 0 spiro atoms. The average Bonchev–Trinajstić information content (AvgIpc) is 2.84. The van der Waals surface area contributed by atoms with Crippen molar-refractivity contribution >= 4 is 40.9 Å². The second-order valence-corrected chi connectivity index (χ2v) is 5.64. The summed E-state index contributed by atoms with van der Waals surface area (Å²) in [6.45, 7) is 3.93. The van der Waals surface area contributed by atoms with E-state index in [1.807, 2.05) is 37.1 Å². The van der Waals surface area contributed by atoms with Gasteiger partial charge < -0.3 is 10.2 Å². The van der Waals surface area contributed by atoms with Crippen molar-refractivity contribution in [2.24, 2.45) is 0 Å². The fourth-order valence-electron chi connectivity index (χ4n) is 2.16. The van der Waals surface area contributed by atoms with Gasteiger partial charge in [-0.25, -0.2) is 0 Å². The van der Waals surface area contributed by atoms with Gasteiger partial charge in [0.15, 0.2) is 0 Å². The molecule has 1 fully saturated rings. The van der Waals surface area contributed by atoms with E-state index in [4.69, 9.17) is 0 Å². The van der Waals surface area contributed by atoms with Crippen LogP contribution in [0.3, 0.4) is 0 Å². The molecule has 0 bridgehead atoms. The molecule has 1 amide bonds. The van der Waals surface area contributed by atoms with Crippen molar-refractivity contribution in [3.63, 3.8) is 0 Å².